The van der Waals surface area contributed by atoms with Crippen molar-refractivity contribution in [2.45, 2.75) is 63.8 Å². The summed E-state index contributed by atoms with van der Waals surface area (Å²) < 4.78 is 80.4. The van der Waals surface area contributed by atoms with Crippen molar-refractivity contribution >= 4 is 34.4 Å². The molecule has 0 aliphatic heterocycles. The molecule has 44 heavy (non-hydrogen) atoms. The first-order valence-corrected chi connectivity index (χ1v) is 13.9. The summed E-state index contributed by atoms with van der Waals surface area (Å²) in [6.45, 7) is 1.93. The van der Waals surface area contributed by atoms with E-state index in [2.05, 4.69) is 20.4 Å². The van der Waals surface area contributed by atoms with Crippen LogP contribution in [0.4, 0.5) is 48.6 Å². The molecule has 15 heteroatoms. The monoisotopic (exact) mass is 622 g/mol. The highest BCUT2D eigenvalue weighted by Gasteiger charge is 2.37. The Bertz CT molecular complexity index is 1630. The van der Waals surface area contributed by atoms with E-state index < -0.39 is 35.2 Å². The van der Waals surface area contributed by atoms with Crippen molar-refractivity contribution in [1.82, 2.24) is 19.7 Å². The number of benzene rings is 2. The van der Waals surface area contributed by atoms with Gasteiger partial charge in [0.2, 0.25) is 5.95 Å². The molecule has 0 bridgehead atoms. The zero-order valence-corrected chi connectivity index (χ0v) is 24.0. The van der Waals surface area contributed by atoms with E-state index in [0.29, 0.717) is 40.7 Å². The Hall–Kier alpha value is -4.40. The highest BCUT2D eigenvalue weighted by atomic mass is 19.4. The number of urea groups is 1. The molecule has 2 aromatic carbocycles. The van der Waals surface area contributed by atoms with Crippen LogP contribution in [0.25, 0.3) is 22.2 Å². The fourth-order valence-corrected chi connectivity index (χ4v) is 4.92. The van der Waals surface area contributed by atoms with Gasteiger partial charge < -0.3 is 16.8 Å². The summed E-state index contributed by atoms with van der Waals surface area (Å²) in [4.78, 5) is 20.7. The molecule has 0 spiro atoms. The van der Waals surface area contributed by atoms with Gasteiger partial charge in [0.15, 0.2) is 5.82 Å². The van der Waals surface area contributed by atoms with Crippen LogP contribution in [0.15, 0.2) is 42.6 Å². The molecule has 0 atom stereocenters. The third-order valence-electron chi connectivity index (χ3n) is 7.13. The molecule has 2 heterocycles. The molecule has 0 unspecified atom stereocenters. The van der Waals surface area contributed by atoms with Crippen LogP contribution in [0.2, 0.25) is 0 Å². The van der Waals surface area contributed by atoms with Crippen molar-refractivity contribution in [2.75, 3.05) is 16.4 Å². The summed E-state index contributed by atoms with van der Waals surface area (Å²) in [5, 5.41) is 8.95. The van der Waals surface area contributed by atoms with Crippen molar-refractivity contribution in [1.29, 1.82) is 0 Å². The van der Waals surface area contributed by atoms with Gasteiger partial charge in [-0.15, -0.1) is 0 Å². The van der Waals surface area contributed by atoms with Crippen molar-refractivity contribution in [2.24, 2.45) is 12.8 Å². The minimum atomic E-state index is -4.99. The van der Waals surface area contributed by atoms with Crippen molar-refractivity contribution in [3.05, 3.63) is 59.3 Å². The lowest BCUT2D eigenvalue weighted by Crippen LogP contribution is -2.23. The van der Waals surface area contributed by atoms with Crippen LogP contribution in [-0.4, -0.2) is 31.8 Å². The van der Waals surface area contributed by atoms with Gasteiger partial charge in [0.1, 0.15) is 0 Å². The van der Waals surface area contributed by atoms with E-state index in [1.54, 1.807) is 19.3 Å². The standard InChI is InChI=1S/C23H19F6N7O.C6H13N/c1-3-11-6-12(7-13-10-31-20(30)34-19(11)13)17-9-18(35-36(17)2)33-21(37)32-16-8-14(22(24,25)26)4-5-15(16)23(27,28)29;7-6-4-2-1-3-5-6/h4-10H,3H2,1-2H3,(H2,30,31,34)(H2,32,33,35,37);6H,1-5,7H2. The number of nitrogens with two attached hydrogens (primary N) is 2. The Labute approximate surface area is 249 Å². The predicted molar refractivity (Wildman–Crippen MR) is 156 cm³/mol. The van der Waals surface area contributed by atoms with Crippen LogP contribution in [0.5, 0.6) is 0 Å². The molecule has 0 saturated heterocycles. The predicted octanol–water partition coefficient (Wildman–Crippen LogP) is 7.13. The SMILES string of the molecule is CCc1cc(-c2cc(NC(=O)Nc3cc(C(F)(F)F)ccc3C(F)(F)F)nn2C)cc2cnc(N)nc12.NC1CCCCC1. The van der Waals surface area contributed by atoms with Gasteiger partial charge in [-0.3, -0.25) is 10.00 Å². The van der Waals surface area contributed by atoms with E-state index in [-0.39, 0.29) is 23.9 Å². The number of rotatable bonds is 4. The fourth-order valence-electron chi connectivity index (χ4n) is 4.92. The van der Waals surface area contributed by atoms with Gasteiger partial charge in [-0.25, -0.2) is 14.8 Å². The summed E-state index contributed by atoms with van der Waals surface area (Å²) in [5.41, 5.74) is 10.3. The average molecular weight is 623 g/mol. The van der Waals surface area contributed by atoms with Crippen LogP contribution in [0, 0.1) is 0 Å². The van der Waals surface area contributed by atoms with E-state index in [1.807, 2.05) is 18.3 Å². The van der Waals surface area contributed by atoms with E-state index >= 15 is 0 Å². The van der Waals surface area contributed by atoms with E-state index in [0.717, 1.165) is 5.56 Å². The Morgan fingerprint density at radius 1 is 1.00 bits per heavy atom. The molecule has 2 aromatic heterocycles. The van der Waals surface area contributed by atoms with Crippen LogP contribution in [0.1, 0.15) is 55.7 Å². The summed E-state index contributed by atoms with van der Waals surface area (Å²) in [6, 6.07) is 5.22. The first-order chi connectivity index (χ1) is 20.7. The van der Waals surface area contributed by atoms with Gasteiger partial charge in [0.05, 0.1) is 28.0 Å². The van der Waals surface area contributed by atoms with E-state index in [1.165, 1.54) is 42.9 Å². The maximum Gasteiger partial charge on any atom is 0.418 e. The summed E-state index contributed by atoms with van der Waals surface area (Å²) in [5.74, 6) is 0.0877. The molecule has 0 radical (unpaired) electrons. The normalized spacial score (nSPS) is 14.2. The van der Waals surface area contributed by atoms with Gasteiger partial charge in [0.25, 0.3) is 0 Å². The molecule has 2 amide bonds. The average Bonchev–Trinajstić information content (AvgIpc) is 3.31. The van der Waals surface area contributed by atoms with Gasteiger partial charge in [-0.1, -0.05) is 26.2 Å². The van der Waals surface area contributed by atoms with Gasteiger partial charge in [-0.2, -0.15) is 31.4 Å². The van der Waals surface area contributed by atoms with Crippen molar-refractivity contribution in [3.8, 4) is 11.3 Å². The number of fused-ring (bicyclic) bond motifs is 1. The Morgan fingerprint density at radius 2 is 1.70 bits per heavy atom. The number of amides is 2. The molecule has 5 rings (SSSR count). The number of carbonyl (C=O) groups is 1. The summed E-state index contributed by atoms with van der Waals surface area (Å²) in [6.07, 6.45) is -1.04. The fraction of sp³-hybridized carbons (Fsp3) is 0.379. The molecule has 9 nitrogen and oxygen atoms in total. The maximum atomic E-state index is 13.3. The second-order valence-corrected chi connectivity index (χ2v) is 10.4. The molecular formula is C29H32F6N8O. The Morgan fingerprint density at radius 3 is 2.30 bits per heavy atom. The first kappa shape index (κ1) is 32.5. The molecule has 236 valence electrons. The molecule has 1 aliphatic carbocycles. The van der Waals surface area contributed by atoms with E-state index in [4.69, 9.17) is 11.5 Å². The first-order valence-electron chi connectivity index (χ1n) is 13.9. The summed E-state index contributed by atoms with van der Waals surface area (Å²) in [7, 11) is 1.59. The van der Waals surface area contributed by atoms with E-state index in [9.17, 15) is 31.1 Å². The topological polar surface area (TPSA) is 137 Å². The van der Waals surface area contributed by atoms with Crippen molar-refractivity contribution < 1.29 is 31.1 Å². The third kappa shape index (κ3) is 7.95. The second kappa shape index (κ2) is 13.1. The number of alkyl halides is 6. The number of anilines is 3. The molecular weight excluding hydrogens is 590 g/mol. The zero-order valence-electron chi connectivity index (χ0n) is 24.0. The van der Waals surface area contributed by atoms with Crippen LogP contribution >= 0.6 is 0 Å². The Kier molecular flexibility index (Phi) is 9.66. The highest BCUT2D eigenvalue weighted by Crippen LogP contribution is 2.39. The number of nitrogen functional groups attached to an aromatic ring is 1. The molecule has 1 fully saturated rings. The minimum absolute atomic E-state index is 0.0396. The lowest BCUT2D eigenvalue weighted by Gasteiger charge is -2.16. The van der Waals surface area contributed by atoms with Gasteiger partial charge in [0, 0.05) is 36.3 Å². The molecule has 1 aliphatic rings. The smallest absolute Gasteiger partial charge is 0.368 e. The number of aromatic nitrogens is 4. The lowest BCUT2D eigenvalue weighted by molar-refractivity contribution is -0.140. The number of carbonyl (C=O) groups excluding carboxylic acids is 1. The number of aryl methyl sites for hydroxylation is 2. The number of nitrogens with zero attached hydrogens (tertiary/aromatic N) is 4. The zero-order chi connectivity index (χ0) is 32.2. The number of hydrogen-bond donors (Lipinski definition) is 4. The largest absolute Gasteiger partial charge is 0.418 e. The maximum absolute atomic E-state index is 13.3. The minimum Gasteiger partial charge on any atom is -0.368 e. The highest BCUT2D eigenvalue weighted by molar-refractivity contribution is 6.00. The van der Waals surface area contributed by atoms with Gasteiger partial charge in [-0.05, 0) is 55.2 Å². The number of hydrogen-bond acceptors (Lipinski definition) is 6. The number of halogens is 6. The Balaban J connectivity index is 0.000000555. The number of nitrogens with one attached hydrogen (secondary N) is 2. The van der Waals surface area contributed by atoms with Crippen molar-refractivity contribution in [3.63, 3.8) is 0 Å². The van der Waals surface area contributed by atoms with Crippen LogP contribution in [0.3, 0.4) is 0 Å². The third-order valence-corrected chi connectivity index (χ3v) is 7.13. The summed E-state index contributed by atoms with van der Waals surface area (Å²) >= 11 is 0. The lowest BCUT2D eigenvalue weighted by atomic mass is 9.97. The van der Waals surface area contributed by atoms with Gasteiger partial charge >= 0.3 is 18.4 Å². The quantitative estimate of drug-likeness (QED) is 0.179. The molecule has 4 aromatic rings. The molecule has 1 saturated carbocycles. The second-order valence-electron chi connectivity index (χ2n) is 10.4. The van der Waals surface area contributed by atoms with Crippen LogP contribution < -0.4 is 22.1 Å². The van der Waals surface area contributed by atoms with Crippen LogP contribution in [-0.2, 0) is 25.8 Å². The molecule has 6 N–H and O–H groups in total.